The number of anilines is 2. The first-order chi connectivity index (χ1) is 17.9. The van der Waals surface area contributed by atoms with Gasteiger partial charge in [0.05, 0.1) is 21.5 Å². The lowest BCUT2D eigenvalue weighted by molar-refractivity contribution is -0.116. The van der Waals surface area contributed by atoms with Crippen molar-refractivity contribution in [1.82, 2.24) is 13.9 Å². The molecule has 0 atom stereocenters. The Kier molecular flexibility index (Phi) is 7.49. The van der Waals surface area contributed by atoms with Crippen LogP contribution in [-0.2, 0) is 21.4 Å². The van der Waals surface area contributed by atoms with E-state index >= 15 is 0 Å². The van der Waals surface area contributed by atoms with Crippen LogP contribution in [0.4, 0.5) is 11.4 Å². The van der Waals surface area contributed by atoms with E-state index in [0.29, 0.717) is 26.6 Å². The van der Waals surface area contributed by atoms with Crippen molar-refractivity contribution in [2.75, 3.05) is 24.7 Å². The summed E-state index contributed by atoms with van der Waals surface area (Å²) in [6.07, 6.45) is 1.28. The Hall–Kier alpha value is -3.87. The fourth-order valence-corrected chi connectivity index (χ4v) is 5.83. The predicted molar refractivity (Wildman–Crippen MR) is 148 cm³/mol. The van der Waals surface area contributed by atoms with Gasteiger partial charge in [0.25, 0.3) is 11.5 Å². The zero-order valence-corrected chi connectivity index (χ0v) is 23.2. The number of rotatable bonds is 7. The number of aryl methyl sites for hydroxylation is 3. The number of carbonyl (C=O) groups is 2. The van der Waals surface area contributed by atoms with Crippen LogP contribution in [0.5, 0.6) is 0 Å². The Morgan fingerprint density at radius 3 is 2.34 bits per heavy atom. The first-order valence-corrected chi connectivity index (χ1v) is 13.8. The molecule has 2 N–H and O–H groups in total. The van der Waals surface area contributed by atoms with Crippen molar-refractivity contribution in [3.05, 3.63) is 80.7 Å². The van der Waals surface area contributed by atoms with Crippen LogP contribution in [0.1, 0.15) is 26.4 Å². The zero-order chi connectivity index (χ0) is 27.8. The predicted octanol–water partition coefficient (Wildman–Crippen LogP) is 3.52. The maximum Gasteiger partial charge on any atom is 0.266 e. The van der Waals surface area contributed by atoms with Gasteiger partial charge in [-0.25, -0.2) is 17.7 Å². The zero-order valence-electron chi connectivity index (χ0n) is 21.5. The molecule has 0 bridgehead atoms. The number of thiophene rings is 1. The number of aromatic nitrogens is 2. The van der Waals surface area contributed by atoms with Crippen LogP contribution in [0, 0.1) is 20.8 Å². The van der Waals surface area contributed by atoms with E-state index in [1.807, 2.05) is 32.0 Å². The van der Waals surface area contributed by atoms with Gasteiger partial charge in [0.15, 0.2) is 0 Å². The summed E-state index contributed by atoms with van der Waals surface area (Å²) in [5, 5.41) is 5.84. The molecule has 2 aromatic carbocycles. The Morgan fingerprint density at radius 1 is 1.03 bits per heavy atom. The van der Waals surface area contributed by atoms with E-state index in [4.69, 9.17) is 0 Å². The lowest BCUT2D eigenvalue weighted by Crippen LogP contribution is -2.28. The molecule has 0 fully saturated rings. The molecule has 198 valence electrons. The standard InChI is InChI=1S/C26H27N5O5S2/c1-15-6-11-20(16(2)12-15)29-24(33)23-17(3)22-25(37-23)27-14-31(26(22)34)13-21(32)28-18-7-9-19(10-8-18)38(35,36)30(4)5/h6-12,14H,13H2,1-5H3,(H,28,32)(H,29,33). The van der Waals surface area contributed by atoms with Gasteiger partial charge < -0.3 is 10.6 Å². The van der Waals surface area contributed by atoms with Crippen LogP contribution in [0.2, 0.25) is 0 Å². The van der Waals surface area contributed by atoms with Crippen molar-refractivity contribution >= 4 is 54.8 Å². The Bertz CT molecular complexity index is 1720. The smallest absolute Gasteiger partial charge is 0.266 e. The molecular formula is C26H27N5O5S2. The van der Waals surface area contributed by atoms with E-state index in [1.165, 1.54) is 49.3 Å². The van der Waals surface area contributed by atoms with Crippen molar-refractivity contribution in [2.45, 2.75) is 32.2 Å². The molecule has 2 heterocycles. The van der Waals surface area contributed by atoms with Crippen LogP contribution < -0.4 is 16.2 Å². The van der Waals surface area contributed by atoms with Gasteiger partial charge in [0, 0.05) is 25.5 Å². The minimum Gasteiger partial charge on any atom is -0.325 e. The van der Waals surface area contributed by atoms with E-state index in [-0.39, 0.29) is 22.7 Å². The van der Waals surface area contributed by atoms with Gasteiger partial charge in [-0.05, 0) is 62.2 Å². The first-order valence-electron chi connectivity index (χ1n) is 11.6. The minimum absolute atomic E-state index is 0.0942. The second-order valence-corrected chi connectivity index (χ2v) is 12.2. The highest BCUT2D eigenvalue weighted by Crippen LogP contribution is 2.28. The molecule has 4 rings (SSSR count). The van der Waals surface area contributed by atoms with Crippen molar-refractivity contribution in [2.24, 2.45) is 0 Å². The average Bonchev–Trinajstić information content (AvgIpc) is 3.20. The summed E-state index contributed by atoms with van der Waals surface area (Å²) in [5.74, 6) is -0.821. The third-order valence-corrected chi connectivity index (χ3v) is 9.01. The van der Waals surface area contributed by atoms with Gasteiger partial charge in [-0.3, -0.25) is 19.0 Å². The van der Waals surface area contributed by atoms with Gasteiger partial charge >= 0.3 is 0 Å². The monoisotopic (exact) mass is 553 g/mol. The topological polar surface area (TPSA) is 130 Å². The maximum atomic E-state index is 13.2. The molecule has 2 amide bonds. The number of nitrogens with one attached hydrogen (secondary N) is 2. The SMILES string of the molecule is Cc1ccc(NC(=O)c2sc3ncn(CC(=O)Nc4ccc(S(=O)(=O)N(C)C)cc4)c(=O)c3c2C)c(C)c1. The van der Waals surface area contributed by atoms with Crippen molar-refractivity contribution < 1.29 is 18.0 Å². The summed E-state index contributed by atoms with van der Waals surface area (Å²) in [7, 11) is -0.720. The fourth-order valence-electron chi connectivity index (χ4n) is 3.90. The summed E-state index contributed by atoms with van der Waals surface area (Å²) < 4.78 is 26.7. The van der Waals surface area contributed by atoms with Crippen LogP contribution in [0.15, 0.2) is 58.5 Å². The highest BCUT2D eigenvalue weighted by Gasteiger charge is 2.21. The van der Waals surface area contributed by atoms with Gasteiger partial charge in [0.2, 0.25) is 15.9 Å². The Balaban J connectivity index is 1.52. The lowest BCUT2D eigenvalue weighted by Gasteiger charge is -2.12. The molecule has 0 spiro atoms. The summed E-state index contributed by atoms with van der Waals surface area (Å²) in [4.78, 5) is 44.0. The molecule has 0 saturated heterocycles. The van der Waals surface area contributed by atoms with Crippen LogP contribution in [-0.4, -0.2) is 48.2 Å². The van der Waals surface area contributed by atoms with Crippen molar-refractivity contribution in [1.29, 1.82) is 0 Å². The Morgan fingerprint density at radius 2 is 1.71 bits per heavy atom. The van der Waals surface area contributed by atoms with Gasteiger partial charge in [-0.2, -0.15) is 0 Å². The number of hydrogen-bond acceptors (Lipinski definition) is 7. The molecule has 0 saturated carbocycles. The Labute approximate surface area is 224 Å². The molecule has 0 radical (unpaired) electrons. The number of sulfonamides is 1. The van der Waals surface area contributed by atoms with E-state index in [0.717, 1.165) is 26.8 Å². The summed E-state index contributed by atoms with van der Waals surface area (Å²) in [6, 6.07) is 11.5. The normalized spacial score (nSPS) is 11.6. The molecule has 38 heavy (non-hydrogen) atoms. The quantitative estimate of drug-likeness (QED) is 0.360. The molecule has 0 aliphatic carbocycles. The number of carbonyl (C=O) groups excluding carboxylic acids is 2. The third-order valence-electron chi connectivity index (χ3n) is 5.98. The number of fused-ring (bicyclic) bond motifs is 1. The molecule has 10 nitrogen and oxygen atoms in total. The van der Waals surface area contributed by atoms with Crippen LogP contribution in [0.3, 0.4) is 0 Å². The second-order valence-electron chi connectivity index (χ2n) is 9.05. The molecular weight excluding hydrogens is 526 g/mol. The molecule has 0 aliphatic heterocycles. The van der Waals surface area contributed by atoms with Gasteiger partial charge in [0.1, 0.15) is 11.4 Å². The van der Waals surface area contributed by atoms with E-state index in [9.17, 15) is 22.8 Å². The van der Waals surface area contributed by atoms with Crippen LogP contribution in [0.25, 0.3) is 10.2 Å². The number of amides is 2. The maximum absolute atomic E-state index is 13.2. The molecule has 12 heteroatoms. The minimum atomic E-state index is -3.59. The highest BCUT2D eigenvalue weighted by atomic mass is 32.2. The summed E-state index contributed by atoms with van der Waals surface area (Å²) >= 11 is 1.12. The fraction of sp³-hybridized carbons (Fsp3) is 0.231. The molecule has 0 aliphatic rings. The second kappa shape index (κ2) is 10.5. The van der Waals surface area contributed by atoms with Crippen LogP contribution >= 0.6 is 11.3 Å². The average molecular weight is 554 g/mol. The van der Waals surface area contributed by atoms with Crippen molar-refractivity contribution in [3.63, 3.8) is 0 Å². The number of hydrogen-bond donors (Lipinski definition) is 2. The third kappa shape index (κ3) is 5.37. The first kappa shape index (κ1) is 27.2. The van der Waals surface area contributed by atoms with E-state index in [2.05, 4.69) is 15.6 Å². The van der Waals surface area contributed by atoms with E-state index in [1.54, 1.807) is 6.92 Å². The molecule has 2 aromatic heterocycles. The van der Waals surface area contributed by atoms with Gasteiger partial charge in [-0.1, -0.05) is 17.7 Å². The van der Waals surface area contributed by atoms with Crippen molar-refractivity contribution in [3.8, 4) is 0 Å². The summed E-state index contributed by atoms with van der Waals surface area (Å²) in [5.41, 5.74) is 3.15. The molecule has 4 aromatic rings. The van der Waals surface area contributed by atoms with E-state index < -0.39 is 21.5 Å². The largest absolute Gasteiger partial charge is 0.325 e. The highest BCUT2D eigenvalue weighted by molar-refractivity contribution is 7.89. The lowest BCUT2D eigenvalue weighted by atomic mass is 10.1. The number of nitrogens with zero attached hydrogens (tertiary/aromatic N) is 3. The summed E-state index contributed by atoms with van der Waals surface area (Å²) in [6.45, 7) is 5.26. The number of benzene rings is 2. The van der Waals surface area contributed by atoms with Gasteiger partial charge in [-0.15, -0.1) is 11.3 Å². The molecule has 0 unspecified atom stereocenters.